The molecule has 0 saturated carbocycles. The van der Waals surface area contributed by atoms with Gasteiger partial charge in [-0.25, -0.2) is 4.39 Å². The summed E-state index contributed by atoms with van der Waals surface area (Å²) in [6, 6.07) is 5.82. The van der Waals surface area contributed by atoms with Gasteiger partial charge in [0.15, 0.2) is 0 Å². The van der Waals surface area contributed by atoms with Crippen molar-refractivity contribution in [3.63, 3.8) is 0 Å². The Balaban J connectivity index is 2.10. The minimum atomic E-state index is -1.05. The summed E-state index contributed by atoms with van der Waals surface area (Å²) in [5, 5.41) is 10.5. The van der Waals surface area contributed by atoms with Crippen molar-refractivity contribution >= 4 is 5.57 Å². The highest BCUT2D eigenvalue weighted by molar-refractivity contribution is 5.84. The molecule has 1 N–H and O–H groups in total. The van der Waals surface area contributed by atoms with E-state index in [0.29, 0.717) is 5.57 Å². The number of alkyl halides is 1. The van der Waals surface area contributed by atoms with Gasteiger partial charge in [-0.15, -0.1) is 0 Å². The van der Waals surface area contributed by atoms with Crippen molar-refractivity contribution in [1.82, 2.24) is 4.90 Å². The SMILES string of the molecule is Cc1ccc(O)c(/C(=C/C2CCCCN2C)C2=CC=CC(C)[C@@H]2F)c1. The molecule has 1 fully saturated rings. The molecular formula is C22H28FNO. The Morgan fingerprint density at radius 2 is 2.12 bits per heavy atom. The highest BCUT2D eigenvalue weighted by Gasteiger charge is 2.27. The van der Waals surface area contributed by atoms with Gasteiger partial charge in [-0.2, -0.15) is 0 Å². The van der Waals surface area contributed by atoms with E-state index in [9.17, 15) is 5.11 Å². The zero-order chi connectivity index (χ0) is 18.0. The number of halogens is 1. The molecule has 0 amide bonds. The average molecular weight is 341 g/mol. The molecule has 1 aromatic carbocycles. The van der Waals surface area contributed by atoms with Gasteiger partial charge in [0.1, 0.15) is 11.9 Å². The molecule has 1 saturated heterocycles. The molecule has 25 heavy (non-hydrogen) atoms. The van der Waals surface area contributed by atoms with Crippen molar-refractivity contribution in [3.8, 4) is 5.75 Å². The number of allylic oxidation sites excluding steroid dienone is 5. The summed E-state index contributed by atoms with van der Waals surface area (Å²) in [5.74, 6) is 0.0602. The molecule has 3 rings (SSSR count). The van der Waals surface area contributed by atoms with Crippen LogP contribution in [-0.2, 0) is 0 Å². The average Bonchev–Trinajstić information content (AvgIpc) is 2.59. The normalized spacial score (nSPS) is 28.1. The molecule has 2 aliphatic rings. The van der Waals surface area contributed by atoms with Crippen molar-refractivity contribution in [3.05, 3.63) is 59.2 Å². The van der Waals surface area contributed by atoms with Crippen LogP contribution in [0.2, 0.25) is 0 Å². The maximum atomic E-state index is 15.0. The van der Waals surface area contributed by atoms with Gasteiger partial charge in [0.05, 0.1) is 0 Å². The summed E-state index contributed by atoms with van der Waals surface area (Å²) >= 11 is 0. The fourth-order valence-corrected chi connectivity index (χ4v) is 3.76. The van der Waals surface area contributed by atoms with Crippen LogP contribution in [0.5, 0.6) is 5.75 Å². The molecule has 0 spiro atoms. The number of phenolic OH excluding ortho intramolecular Hbond substituents is 1. The second kappa shape index (κ2) is 7.57. The summed E-state index contributed by atoms with van der Waals surface area (Å²) in [6.07, 6.45) is 10.3. The Hall–Kier alpha value is -1.87. The van der Waals surface area contributed by atoms with Crippen LogP contribution in [0.15, 0.2) is 48.1 Å². The maximum Gasteiger partial charge on any atom is 0.132 e. The van der Waals surface area contributed by atoms with Crippen molar-refractivity contribution in [2.24, 2.45) is 5.92 Å². The minimum Gasteiger partial charge on any atom is -0.507 e. The van der Waals surface area contributed by atoms with Crippen molar-refractivity contribution in [1.29, 1.82) is 0 Å². The van der Waals surface area contributed by atoms with Gasteiger partial charge in [-0.3, -0.25) is 4.90 Å². The molecule has 3 atom stereocenters. The summed E-state index contributed by atoms with van der Waals surface area (Å²) in [5.41, 5.74) is 3.31. The van der Waals surface area contributed by atoms with E-state index < -0.39 is 6.17 Å². The number of likely N-dealkylation sites (tertiary alicyclic amines) is 1. The number of likely N-dealkylation sites (N-methyl/N-ethyl adjacent to an activating group) is 1. The van der Waals surface area contributed by atoms with Gasteiger partial charge < -0.3 is 5.11 Å². The standard InChI is InChI=1S/C22H28FNO/c1-15-10-11-21(25)20(13-15)19(14-17-8-4-5-12-24(17)3)18-9-6-7-16(2)22(18)23/h6-7,9-11,13-14,16-17,22,25H,4-5,8,12H2,1-3H3/b19-14+/t16?,17?,22-/m0/s1. The number of hydrogen-bond donors (Lipinski definition) is 1. The molecule has 2 nitrogen and oxygen atoms in total. The predicted molar refractivity (Wildman–Crippen MR) is 102 cm³/mol. The fraction of sp³-hybridized carbons (Fsp3) is 0.455. The molecule has 2 unspecified atom stereocenters. The zero-order valence-corrected chi connectivity index (χ0v) is 15.4. The van der Waals surface area contributed by atoms with Gasteiger partial charge in [0.2, 0.25) is 0 Å². The fourth-order valence-electron chi connectivity index (χ4n) is 3.76. The number of piperidine rings is 1. The molecule has 0 radical (unpaired) electrons. The van der Waals surface area contributed by atoms with Crippen LogP contribution in [0.3, 0.4) is 0 Å². The number of phenols is 1. The first kappa shape index (κ1) is 17.9. The van der Waals surface area contributed by atoms with Gasteiger partial charge in [-0.05, 0) is 56.6 Å². The molecular weight excluding hydrogens is 313 g/mol. The summed E-state index contributed by atoms with van der Waals surface area (Å²) in [4.78, 5) is 2.33. The number of rotatable bonds is 3. The van der Waals surface area contributed by atoms with Crippen molar-refractivity contribution in [2.45, 2.75) is 45.3 Å². The first-order valence-electron chi connectivity index (χ1n) is 9.22. The van der Waals surface area contributed by atoms with Gasteiger partial charge in [-0.1, -0.05) is 49.3 Å². The number of benzene rings is 1. The van der Waals surface area contributed by atoms with E-state index in [-0.39, 0.29) is 17.7 Å². The van der Waals surface area contributed by atoms with Crippen molar-refractivity contribution in [2.75, 3.05) is 13.6 Å². The van der Waals surface area contributed by atoms with Gasteiger partial charge >= 0.3 is 0 Å². The van der Waals surface area contributed by atoms with Crippen molar-refractivity contribution < 1.29 is 9.50 Å². The smallest absolute Gasteiger partial charge is 0.132 e. The predicted octanol–water partition coefficient (Wildman–Crippen LogP) is 5.04. The lowest BCUT2D eigenvalue weighted by atomic mass is 9.83. The number of aromatic hydroxyl groups is 1. The Kier molecular flexibility index (Phi) is 5.43. The number of aryl methyl sites for hydroxylation is 1. The topological polar surface area (TPSA) is 23.5 Å². The highest BCUT2D eigenvalue weighted by atomic mass is 19.1. The monoisotopic (exact) mass is 341 g/mol. The lowest BCUT2D eigenvalue weighted by Crippen LogP contribution is -2.35. The Bertz CT molecular complexity index is 719. The van der Waals surface area contributed by atoms with Crippen LogP contribution in [0, 0.1) is 12.8 Å². The lowest BCUT2D eigenvalue weighted by Gasteiger charge is -2.32. The summed E-state index contributed by atoms with van der Waals surface area (Å²) in [6.45, 7) is 4.95. The third kappa shape index (κ3) is 3.87. The molecule has 3 heteroatoms. The molecule has 1 heterocycles. The summed E-state index contributed by atoms with van der Waals surface area (Å²) in [7, 11) is 2.12. The van der Waals surface area contributed by atoms with Crippen LogP contribution in [0.4, 0.5) is 4.39 Å². The maximum absolute atomic E-state index is 15.0. The Morgan fingerprint density at radius 1 is 1.32 bits per heavy atom. The van der Waals surface area contributed by atoms with E-state index in [4.69, 9.17) is 0 Å². The zero-order valence-electron chi connectivity index (χ0n) is 15.4. The highest BCUT2D eigenvalue weighted by Crippen LogP contribution is 2.38. The third-order valence-electron chi connectivity index (χ3n) is 5.39. The minimum absolute atomic E-state index is 0.153. The van der Waals surface area contributed by atoms with Crippen LogP contribution >= 0.6 is 0 Å². The van der Waals surface area contributed by atoms with Crippen LogP contribution in [0.25, 0.3) is 5.57 Å². The quantitative estimate of drug-likeness (QED) is 0.832. The largest absolute Gasteiger partial charge is 0.507 e. The van der Waals surface area contributed by atoms with E-state index in [1.54, 1.807) is 6.07 Å². The van der Waals surface area contributed by atoms with E-state index in [0.717, 1.165) is 29.7 Å². The van der Waals surface area contributed by atoms with E-state index in [1.165, 1.54) is 12.8 Å². The first-order chi connectivity index (χ1) is 12.0. The molecule has 1 aliphatic heterocycles. The molecule has 134 valence electrons. The van der Waals surface area contributed by atoms with Crippen LogP contribution < -0.4 is 0 Å². The number of nitrogens with zero attached hydrogens (tertiary/aromatic N) is 1. The van der Waals surface area contributed by atoms with E-state index in [2.05, 4.69) is 18.0 Å². The van der Waals surface area contributed by atoms with Crippen LogP contribution in [-0.4, -0.2) is 35.8 Å². The number of hydrogen-bond acceptors (Lipinski definition) is 2. The molecule has 1 aromatic rings. The Labute approximate surface area is 150 Å². The summed E-state index contributed by atoms with van der Waals surface area (Å²) < 4.78 is 15.0. The second-order valence-electron chi connectivity index (χ2n) is 7.41. The molecule has 1 aliphatic carbocycles. The van der Waals surface area contributed by atoms with E-state index in [1.807, 2.05) is 44.2 Å². The molecule has 0 bridgehead atoms. The van der Waals surface area contributed by atoms with Gasteiger partial charge in [0, 0.05) is 17.5 Å². The molecule has 0 aromatic heterocycles. The van der Waals surface area contributed by atoms with Gasteiger partial charge in [0.25, 0.3) is 0 Å². The first-order valence-corrected chi connectivity index (χ1v) is 9.22. The van der Waals surface area contributed by atoms with Crippen LogP contribution in [0.1, 0.15) is 37.3 Å². The van der Waals surface area contributed by atoms with E-state index >= 15 is 4.39 Å². The lowest BCUT2D eigenvalue weighted by molar-refractivity contribution is 0.222. The second-order valence-corrected chi connectivity index (χ2v) is 7.41. The third-order valence-corrected chi connectivity index (χ3v) is 5.39. The Morgan fingerprint density at radius 3 is 2.88 bits per heavy atom.